The van der Waals surface area contributed by atoms with Crippen LogP contribution < -0.4 is 4.90 Å². The summed E-state index contributed by atoms with van der Waals surface area (Å²) >= 11 is 0. The molecule has 2 atom stereocenters. The van der Waals surface area contributed by atoms with Crippen LogP contribution in [0.5, 0.6) is 0 Å². The van der Waals surface area contributed by atoms with E-state index in [-0.39, 0.29) is 5.41 Å². The van der Waals surface area contributed by atoms with Crippen LogP contribution in [0.1, 0.15) is 47.2 Å². The van der Waals surface area contributed by atoms with E-state index in [1.807, 2.05) is 0 Å². The second kappa shape index (κ2) is 12.9. The monoisotopic (exact) mass is 729 g/mol. The number of nitrogens with zero attached hydrogens (tertiary/aromatic N) is 1. The normalized spacial score (nSPS) is 18.5. The van der Waals surface area contributed by atoms with Crippen molar-refractivity contribution in [2.45, 2.75) is 24.7 Å². The second-order valence-electron chi connectivity index (χ2n) is 16.4. The van der Waals surface area contributed by atoms with Gasteiger partial charge in [0.2, 0.25) is 0 Å². The molecule has 0 aromatic heterocycles. The lowest BCUT2D eigenvalue weighted by molar-refractivity contribution is 0.652. The molecule has 0 radical (unpaired) electrons. The first-order chi connectivity index (χ1) is 28.0. The summed E-state index contributed by atoms with van der Waals surface area (Å²) in [7, 11) is 0. The first-order valence-corrected chi connectivity index (χ1v) is 20.3. The van der Waals surface area contributed by atoms with E-state index in [4.69, 9.17) is 0 Å². The van der Waals surface area contributed by atoms with Crippen molar-refractivity contribution < 1.29 is 0 Å². The predicted molar refractivity (Wildman–Crippen MR) is 238 cm³/mol. The molecule has 7 aromatic rings. The number of hydrogen-bond acceptors (Lipinski definition) is 1. The molecule has 0 spiro atoms. The number of fused-ring (bicyclic) bond motifs is 7. The lowest BCUT2D eigenvalue weighted by Gasteiger charge is -2.36. The highest BCUT2D eigenvalue weighted by Crippen LogP contribution is 2.58. The molecule has 0 amide bonds. The zero-order chi connectivity index (χ0) is 38.1. The number of benzene rings is 7. The third kappa shape index (κ3) is 5.08. The topological polar surface area (TPSA) is 3.24 Å². The van der Waals surface area contributed by atoms with E-state index in [9.17, 15) is 0 Å². The van der Waals surface area contributed by atoms with Gasteiger partial charge in [-0.25, -0.2) is 0 Å². The summed E-state index contributed by atoms with van der Waals surface area (Å²) in [6, 6.07) is 63.5. The SMILES string of the molecule is CC1(C)c2ccccc2-c2ccc(N(C3=CC4C=CC=CC4C=C3)c3ccc4c(c3)C(c3ccccc3)(c3ccccc3)c3ccc(-c5ccccc5)cc3-4)cc21. The summed E-state index contributed by atoms with van der Waals surface area (Å²) in [6.07, 6.45) is 16.2. The van der Waals surface area contributed by atoms with Gasteiger partial charge in [0.15, 0.2) is 0 Å². The Labute approximate surface area is 336 Å². The summed E-state index contributed by atoms with van der Waals surface area (Å²) in [5.41, 5.74) is 18.5. The van der Waals surface area contributed by atoms with E-state index < -0.39 is 5.41 Å². The average molecular weight is 730 g/mol. The molecule has 0 N–H and O–H groups in total. The van der Waals surface area contributed by atoms with E-state index in [0.29, 0.717) is 11.8 Å². The van der Waals surface area contributed by atoms with Crippen molar-refractivity contribution in [2.75, 3.05) is 4.90 Å². The fourth-order valence-electron chi connectivity index (χ4n) is 10.3. The molecule has 11 rings (SSSR count). The highest BCUT2D eigenvalue weighted by atomic mass is 15.1. The minimum Gasteiger partial charge on any atom is -0.311 e. The van der Waals surface area contributed by atoms with E-state index in [1.54, 1.807) is 0 Å². The van der Waals surface area contributed by atoms with Crippen molar-refractivity contribution >= 4 is 11.4 Å². The zero-order valence-electron chi connectivity index (χ0n) is 32.3. The molecule has 7 aromatic carbocycles. The maximum absolute atomic E-state index is 2.51. The molecule has 2 unspecified atom stereocenters. The van der Waals surface area contributed by atoms with Crippen LogP contribution in [0.15, 0.2) is 218 Å². The molecule has 4 aliphatic rings. The van der Waals surface area contributed by atoms with Gasteiger partial charge in [0, 0.05) is 34.3 Å². The van der Waals surface area contributed by atoms with Crippen LogP contribution in [-0.4, -0.2) is 0 Å². The summed E-state index contributed by atoms with van der Waals surface area (Å²) in [6.45, 7) is 4.75. The maximum Gasteiger partial charge on any atom is 0.0714 e. The van der Waals surface area contributed by atoms with E-state index >= 15 is 0 Å². The smallest absolute Gasteiger partial charge is 0.0714 e. The van der Waals surface area contributed by atoms with Gasteiger partial charge in [0.25, 0.3) is 0 Å². The van der Waals surface area contributed by atoms with Gasteiger partial charge >= 0.3 is 0 Å². The first-order valence-electron chi connectivity index (χ1n) is 20.3. The lowest BCUT2D eigenvalue weighted by atomic mass is 9.67. The van der Waals surface area contributed by atoms with Crippen LogP contribution in [-0.2, 0) is 10.8 Å². The Hall–Kier alpha value is -6.70. The van der Waals surface area contributed by atoms with Crippen molar-refractivity contribution in [2.24, 2.45) is 11.8 Å². The minimum absolute atomic E-state index is 0.113. The predicted octanol–water partition coefficient (Wildman–Crippen LogP) is 14.0. The van der Waals surface area contributed by atoms with Crippen LogP contribution in [0.4, 0.5) is 11.4 Å². The first kappa shape index (κ1) is 33.6. The van der Waals surface area contributed by atoms with Crippen LogP contribution in [0.25, 0.3) is 33.4 Å². The number of allylic oxidation sites excluding steroid dienone is 7. The molecular formula is C56H43N. The van der Waals surface area contributed by atoms with Crippen LogP contribution >= 0.6 is 0 Å². The van der Waals surface area contributed by atoms with Crippen LogP contribution in [0.2, 0.25) is 0 Å². The summed E-state index contributed by atoms with van der Waals surface area (Å²) < 4.78 is 0. The molecule has 0 heterocycles. The average Bonchev–Trinajstić information content (AvgIpc) is 3.69. The molecule has 0 saturated carbocycles. The van der Waals surface area contributed by atoms with Gasteiger partial charge in [0.05, 0.1) is 5.41 Å². The fraction of sp³-hybridized carbons (Fsp3) is 0.107. The Bertz CT molecular complexity index is 2780. The zero-order valence-corrected chi connectivity index (χ0v) is 32.3. The van der Waals surface area contributed by atoms with Gasteiger partial charge in [0.1, 0.15) is 0 Å². The quantitative estimate of drug-likeness (QED) is 0.165. The Balaban J connectivity index is 1.16. The number of rotatable bonds is 6. The molecule has 0 saturated heterocycles. The largest absolute Gasteiger partial charge is 0.311 e. The van der Waals surface area contributed by atoms with Crippen molar-refractivity contribution in [3.63, 3.8) is 0 Å². The number of anilines is 2. The third-order valence-electron chi connectivity index (χ3n) is 13.1. The summed E-state index contributed by atoms with van der Waals surface area (Å²) in [5.74, 6) is 0.668. The Morgan fingerprint density at radius 3 is 1.70 bits per heavy atom. The molecule has 272 valence electrons. The molecule has 0 aliphatic heterocycles. The van der Waals surface area contributed by atoms with Gasteiger partial charge in [-0.15, -0.1) is 0 Å². The molecule has 4 aliphatic carbocycles. The molecule has 1 nitrogen and oxygen atoms in total. The Morgan fingerprint density at radius 1 is 0.421 bits per heavy atom. The van der Waals surface area contributed by atoms with Gasteiger partial charge in [-0.2, -0.15) is 0 Å². The second-order valence-corrected chi connectivity index (χ2v) is 16.4. The highest BCUT2D eigenvalue weighted by Gasteiger charge is 2.47. The van der Waals surface area contributed by atoms with Crippen molar-refractivity contribution in [3.8, 4) is 33.4 Å². The van der Waals surface area contributed by atoms with Gasteiger partial charge in [-0.05, 0) is 103 Å². The number of hydrogen-bond donors (Lipinski definition) is 0. The minimum atomic E-state index is -0.523. The van der Waals surface area contributed by atoms with Gasteiger partial charge in [-0.1, -0.05) is 190 Å². The van der Waals surface area contributed by atoms with Crippen LogP contribution in [0, 0.1) is 11.8 Å². The van der Waals surface area contributed by atoms with Crippen LogP contribution in [0.3, 0.4) is 0 Å². The molecular weight excluding hydrogens is 687 g/mol. The van der Waals surface area contributed by atoms with Gasteiger partial charge < -0.3 is 4.90 Å². The van der Waals surface area contributed by atoms with Crippen molar-refractivity contribution in [1.29, 1.82) is 0 Å². The molecule has 57 heavy (non-hydrogen) atoms. The van der Waals surface area contributed by atoms with Crippen molar-refractivity contribution in [1.82, 2.24) is 0 Å². The lowest BCUT2D eigenvalue weighted by Crippen LogP contribution is -2.29. The molecule has 0 fully saturated rings. The highest BCUT2D eigenvalue weighted by molar-refractivity contribution is 5.91. The summed E-state index contributed by atoms with van der Waals surface area (Å²) in [5, 5.41) is 0. The third-order valence-corrected chi connectivity index (χ3v) is 13.1. The van der Waals surface area contributed by atoms with E-state index in [0.717, 1.165) is 5.69 Å². The molecule has 0 bridgehead atoms. The van der Waals surface area contributed by atoms with E-state index in [1.165, 1.54) is 78.1 Å². The standard InChI is InChI=1S/C56H43N/c1-55(2)51-25-15-14-24-47(51)48-31-29-45(36-53(48)55)57(44-28-26-39-18-12-13-19-40(39)34-44)46-30-32-49-50-35-41(38-16-6-3-7-17-38)27-33-52(50)56(54(49)37-46,42-20-8-4-9-21-42)43-22-10-5-11-23-43/h3-37,39-40H,1-2H3. The fourth-order valence-corrected chi connectivity index (χ4v) is 10.3. The Morgan fingerprint density at radius 2 is 1.00 bits per heavy atom. The van der Waals surface area contributed by atoms with Crippen molar-refractivity contribution in [3.05, 3.63) is 251 Å². The molecule has 1 heteroatoms. The summed E-state index contributed by atoms with van der Waals surface area (Å²) in [4.78, 5) is 2.51. The van der Waals surface area contributed by atoms with E-state index in [2.05, 4.69) is 231 Å². The van der Waals surface area contributed by atoms with Gasteiger partial charge in [-0.3, -0.25) is 0 Å². The maximum atomic E-state index is 2.51. The Kier molecular flexibility index (Phi) is 7.63.